The van der Waals surface area contributed by atoms with Crippen LogP contribution in [0.2, 0.25) is 0 Å². The summed E-state index contributed by atoms with van der Waals surface area (Å²) < 4.78 is 11.0. The van der Waals surface area contributed by atoms with E-state index >= 15 is 0 Å². The molecular weight excluding hydrogens is 248 g/mol. The first-order valence-electron chi connectivity index (χ1n) is 6.11. The summed E-state index contributed by atoms with van der Waals surface area (Å²) in [6.07, 6.45) is 0.776. The highest BCUT2D eigenvalue weighted by atomic mass is 16.5. The monoisotopic (exact) mass is 264 g/mol. The molecule has 0 spiro atoms. The van der Waals surface area contributed by atoms with Crippen molar-refractivity contribution >= 4 is 11.8 Å². The van der Waals surface area contributed by atoms with Crippen LogP contribution in [0, 0.1) is 5.41 Å². The lowest BCUT2D eigenvalue weighted by molar-refractivity contribution is -0.144. The van der Waals surface area contributed by atoms with E-state index in [0.717, 1.165) is 6.42 Å². The first kappa shape index (κ1) is 13.4. The molecule has 1 aliphatic rings. The lowest BCUT2D eigenvalue weighted by atomic mass is 9.84. The molecule has 0 unspecified atom stereocenters. The van der Waals surface area contributed by atoms with Crippen molar-refractivity contribution in [2.75, 3.05) is 13.2 Å². The molecule has 1 aromatic carbocycles. The fourth-order valence-corrected chi connectivity index (χ4v) is 1.76. The number of aliphatic carboxylic acids is 1. The van der Waals surface area contributed by atoms with Gasteiger partial charge in [0.2, 0.25) is 0 Å². The Morgan fingerprint density at radius 3 is 2.42 bits per heavy atom. The van der Waals surface area contributed by atoms with Gasteiger partial charge in [0.25, 0.3) is 0 Å². The molecule has 102 valence electrons. The lowest BCUT2D eigenvalue weighted by Crippen LogP contribution is -2.33. The van der Waals surface area contributed by atoms with Crippen molar-refractivity contribution in [2.45, 2.75) is 20.3 Å². The van der Waals surface area contributed by atoms with Crippen molar-refractivity contribution in [1.29, 1.82) is 0 Å². The molecule has 1 aliphatic heterocycles. The summed E-state index contributed by atoms with van der Waals surface area (Å²) >= 11 is 0. The number of hydrogen-bond donors (Lipinski definition) is 1. The number of carbonyl (C=O) groups excluding carboxylic acids is 1. The van der Waals surface area contributed by atoms with E-state index in [0.29, 0.717) is 30.3 Å². The third-order valence-electron chi connectivity index (χ3n) is 3.11. The van der Waals surface area contributed by atoms with Crippen LogP contribution in [0.25, 0.3) is 0 Å². The second kappa shape index (κ2) is 4.91. The first-order chi connectivity index (χ1) is 8.93. The van der Waals surface area contributed by atoms with E-state index < -0.39 is 17.2 Å². The number of rotatable bonds is 3. The number of benzene rings is 1. The van der Waals surface area contributed by atoms with Gasteiger partial charge in [0, 0.05) is 12.0 Å². The molecule has 1 aromatic rings. The number of Topliss-reactive ketones (excluding diaryl/α,β-unsaturated/α-hetero) is 1. The van der Waals surface area contributed by atoms with Gasteiger partial charge in [-0.2, -0.15) is 0 Å². The summed E-state index contributed by atoms with van der Waals surface area (Å²) in [7, 11) is 0. The van der Waals surface area contributed by atoms with Crippen LogP contribution in [-0.2, 0) is 4.79 Å². The molecule has 0 aromatic heterocycles. The van der Waals surface area contributed by atoms with Crippen molar-refractivity contribution in [3.63, 3.8) is 0 Å². The van der Waals surface area contributed by atoms with Gasteiger partial charge in [-0.15, -0.1) is 0 Å². The maximum Gasteiger partial charge on any atom is 0.316 e. The molecule has 0 saturated heterocycles. The predicted octanol–water partition coefficient (Wildman–Crippen LogP) is 2.14. The zero-order chi connectivity index (χ0) is 14.0. The Morgan fingerprint density at radius 1 is 1.16 bits per heavy atom. The highest BCUT2D eigenvalue weighted by Crippen LogP contribution is 2.32. The number of ether oxygens (including phenoxy) is 2. The second-order valence-corrected chi connectivity index (χ2v) is 4.97. The van der Waals surface area contributed by atoms with E-state index in [2.05, 4.69) is 0 Å². The van der Waals surface area contributed by atoms with Crippen molar-refractivity contribution in [1.82, 2.24) is 0 Å². The first-order valence-corrected chi connectivity index (χ1v) is 6.11. The highest BCUT2D eigenvalue weighted by Gasteiger charge is 2.36. The second-order valence-electron chi connectivity index (χ2n) is 4.97. The standard InChI is InChI=1S/C14H16O5/c1-14(2,13(16)17)12(15)9-4-5-10-11(8-9)19-7-3-6-18-10/h4-5,8H,3,6-7H2,1-2H3,(H,16,17). The Labute approximate surface area is 111 Å². The molecular formula is C14H16O5. The van der Waals surface area contributed by atoms with Crippen LogP contribution < -0.4 is 9.47 Å². The van der Waals surface area contributed by atoms with Gasteiger partial charge in [0.1, 0.15) is 5.41 Å². The Morgan fingerprint density at radius 2 is 1.79 bits per heavy atom. The van der Waals surface area contributed by atoms with Crippen molar-refractivity contribution < 1.29 is 24.2 Å². The molecule has 0 bridgehead atoms. The summed E-state index contributed by atoms with van der Waals surface area (Å²) in [4.78, 5) is 23.3. The molecule has 0 atom stereocenters. The lowest BCUT2D eigenvalue weighted by Gasteiger charge is -2.18. The Hall–Kier alpha value is -2.04. The zero-order valence-electron chi connectivity index (χ0n) is 10.9. The van der Waals surface area contributed by atoms with Gasteiger partial charge >= 0.3 is 5.97 Å². The highest BCUT2D eigenvalue weighted by molar-refractivity contribution is 6.11. The van der Waals surface area contributed by atoms with Crippen LogP contribution >= 0.6 is 0 Å². The van der Waals surface area contributed by atoms with E-state index in [1.54, 1.807) is 18.2 Å². The Bertz CT molecular complexity index is 519. The molecule has 2 rings (SSSR count). The number of fused-ring (bicyclic) bond motifs is 1. The number of ketones is 1. The average Bonchev–Trinajstić information content (AvgIpc) is 2.61. The van der Waals surface area contributed by atoms with Gasteiger partial charge in [-0.05, 0) is 32.0 Å². The molecule has 0 amide bonds. The third-order valence-corrected chi connectivity index (χ3v) is 3.11. The molecule has 0 aliphatic carbocycles. The maximum atomic E-state index is 12.2. The fourth-order valence-electron chi connectivity index (χ4n) is 1.76. The summed E-state index contributed by atoms with van der Waals surface area (Å²) in [5.74, 6) is -0.521. The normalized spacial score (nSPS) is 14.6. The predicted molar refractivity (Wildman–Crippen MR) is 67.8 cm³/mol. The van der Waals surface area contributed by atoms with E-state index in [-0.39, 0.29) is 0 Å². The molecule has 1 heterocycles. The van der Waals surface area contributed by atoms with E-state index in [4.69, 9.17) is 14.6 Å². The van der Waals surface area contributed by atoms with Gasteiger partial charge in [0.15, 0.2) is 17.3 Å². The van der Waals surface area contributed by atoms with Crippen LogP contribution in [0.4, 0.5) is 0 Å². The minimum absolute atomic E-state index is 0.316. The zero-order valence-corrected chi connectivity index (χ0v) is 10.9. The smallest absolute Gasteiger partial charge is 0.316 e. The Kier molecular flexibility index (Phi) is 3.46. The van der Waals surface area contributed by atoms with Crippen molar-refractivity contribution in [3.05, 3.63) is 23.8 Å². The van der Waals surface area contributed by atoms with Crippen LogP contribution in [0.1, 0.15) is 30.6 Å². The molecule has 0 radical (unpaired) electrons. The molecule has 19 heavy (non-hydrogen) atoms. The van der Waals surface area contributed by atoms with E-state index in [1.807, 2.05) is 0 Å². The largest absolute Gasteiger partial charge is 0.490 e. The number of carbonyl (C=O) groups is 2. The van der Waals surface area contributed by atoms with Crippen molar-refractivity contribution in [3.8, 4) is 11.5 Å². The third kappa shape index (κ3) is 2.54. The summed E-state index contributed by atoms with van der Waals surface area (Å²) in [6.45, 7) is 3.87. The molecule has 5 nitrogen and oxygen atoms in total. The van der Waals surface area contributed by atoms with Crippen LogP contribution in [0.15, 0.2) is 18.2 Å². The summed E-state index contributed by atoms with van der Waals surface area (Å²) in [6, 6.07) is 4.76. The van der Waals surface area contributed by atoms with Gasteiger partial charge in [-0.3, -0.25) is 9.59 Å². The molecule has 1 N–H and O–H groups in total. The van der Waals surface area contributed by atoms with Gasteiger partial charge in [-0.1, -0.05) is 0 Å². The maximum absolute atomic E-state index is 12.2. The average molecular weight is 264 g/mol. The summed E-state index contributed by atoms with van der Waals surface area (Å²) in [5.41, 5.74) is -1.14. The summed E-state index contributed by atoms with van der Waals surface area (Å²) in [5, 5.41) is 9.08. The van der Waals surface area contributed by atoms with E-state index in [9.17, 15) is 9.59 Å². The van der Waals surface area contributed by atoms with Gasteiger partial charge < -0.3 is 14.6 Å². The Balaban J connectivity index is 2.34. The molecule has 0 fully saturated rings. The van der Waals surface area contributed by atoms with Crippen molar-refractivity contribution in [2.24, 2.45) is 5.41 Å². The fraction of sp³-hybridized carbons (Fsp3) is 0.429. The number of carboxylic acid groups (broad SMARTS) is 1. The van der Waals surface area contributed by atoms with Crippen LogP contribution in [0.3, 0.4) is 0 Å². The number of carboxylic acids is 1. The topological polar surface area (TPSA) is 72.8 Å². The minimum atomic E-state index is -1.46. The van der Waals surface area contributed by atoms with Crippen LogP contribution in [-0.4, -0.2) is 30.1 Å². The number of hydrogen-bond acceptors (Lipinski definition) is 4. The molecule has 5 heteroatoms. The van der Waals surface area contributed by atoms with Crippen LogP contribution in [0.5, 0.6) is 11.5 Å². The quantitative estimate of drug-likeness (QED) is 0.669. The minimum Gasteiger partial charge on any atom is -0.490 e. The van der Waals surface area contributed by atoms with Gasteiger partial charge in [-0.25, -0.2) is 0 Å². The van der Waals surface area contributed by atoms with Gasteiger partial charge in [0.05, 0.1) is 13.2 Å². The SMILES string of the molecule is CC(C)(C(=O)O)C(=O)c1ccc2c(c1)OCCCO2. The van der Waals surface area contributed by atoms with E-state index in [1.165, 1.54) is 13.8 Å². The molecule has 0 saturated carbocycles.